The second-order valence-electron chi connectivity index (χ2n) is 8.00. The summed E-state index contributed by atoms with van der Waals surface area (Å²) < 4.78 is 10.8. The Bertz CT molecular complexity index is 844. The standard InChI is InChI=1S/C23H35N5O2S.HI/c1-6-24-23(25-14-18-15-31-22(26-18)16(2)3)27-17-7-9-28(10-8-17)19-11-20(29-4)13-21(12-19)30-5;/h11-13,15-17H,6-10,14H2,1-5H3,(H2,24,25,27);1H. The van der Waals surface area contributed by atoms with Crippen LogP contribution in [-0.2, 0) is 6.54 Å². The van der Waals surface area contributed by atoms with Gasteiger partial charge in [-0.3, -0.25) is 0 Å². The van der Waals surface area contributed by atoms with Gasteiger partial charge in [0.05, 0.1) is 31.5 Å². The van der Waals surface area contributed by atoms with Gasteiger partial charge in [-0.2, -0.15) is 0 Å². The number of methoxy groups -OCH3 is 2. The number of nitrogens with one attached hydrogen (secondary N) is 2. The Morgan fingerprint density at radius 1 is 1.19 bits per heavy atom. The van der Waals surface area contributed by atoms with Crippen molar-refractivity contribution in [3.8, 4) is 11.5 Å². The van der Waals surface area contributed by atoms with E-state index in [-0.39, 0.29) is 24.0 Å². The Morgan fingerprint density at radius 2 is 1.84 bits per heavy atom. The highest BCUT2D eigenvalue weighted by atomic mass is 127. The number of benzene rings is 1. The lowest BCUT2D eigenvalue weighted by Gasteiger charge is -2.34. The second-order valence-corrected chi connectivity index (χ2v) is 8.89. The van der Waals surface area contributed by atoms with E-state index in [1.165, 1.54) is 5.01 Å². The average molecular weight is 574 g/mol. The predicted octanol–water partition coefficient (Wildman–Crippen LogP) is 4.63. The SMILES string of the molecule is CCNC(=NCc1csc(C(C)C)n1)NC1CCN(c2cc(OC)cc(OC)c2)CC1.I. The molecule has 3 rings (SSSR count). The molecule has 0 aliphatic carbocycles. The van der Waals surface area contributed by atoms with Crippen LogP contribution in [0.4, 0.5) is 5.69 Å². The first-order chi connectivity index (χ1) is 15.0. The molecule has 32 heavy (non-hydrogen) atoms. The number of aliphatic imine (C=N–C) groups is 1. The Morgan fingerprint density at radius 3 is 2.38 bits per heavy atom. The van der Waals surface area contributed by atoms with Crippen molar-refractivity contribution < 1.29 is 9.47 Å². The highest BCUT2D eigenvalue weighted by Crippen LogP contribution is 2.30. The number of thiazole rings is 1. The molecule has 0 spiro atoms. The number of anilines is 1. The molecule has 0 bridgehead atoms. The number of rotatable bonds is 8. The minimum Gasteiger partial charge on any atom is -0.497 e. The maximum atomic E-state index is 5.42. The molecule has 178 valence electrons. The average Bonchev–Trinajstić information content (AvgIpc) is 3.27. The smallest absolute Gasteiger partial charge is 0.191 e. The van der Waals surface area contributed by atoms with Crippen LogP contribution in [0.2, 0.25) is 0 Å². The van der Waals surface area contributed by atoms with Gasteiger partial charge < -0.3 is 25.0 Å². The van der Waals surface area contributed by atoms with Crippen LogP contribution >= 0.6 is 35.3 Å². The minimum absolute atomic E-state index is 0. The quantitative estimate of drug-likeness (QED) is 0.273. The van der Waals surface area contributed by atoms with Gasteiger partial charge in [-0.15, -0.1) is 35.3 Å². The van der Waals surface area contributed by atoms with Crippen molar-refractivity contribution >= 4 is 47.0 Å². The van der Waals surface area contributed by atoms with E-state index in [9.17, 15) is 0 Å². The molecule has 0 radical (unpaired) electrons. The number of hydrogen-bond acceptors (Lipinski definition) is 6. The molecule has 1 aliphatic heterocycles. The molecule has 0 amide bonds. The Labute approximate surface area is 213 Å². The van der Waals surface area contributed by atoms with Crippen LogP contribution in [0.1, 0.15) is 50.2 Å². The number of hydrogen-bond donors (Lipinski definition) is 2. The molecule has 1 aliphatic rings. The van der Waals surface area contributed by atoms with Gasteiger partial charge in [0.15, 0.2) is 5.96 Å². The van der Waals surface area contributed by atoms with Crippen LogP contribution in [0.25, 0.3) is 0 Å². The van der Waals surface area contributed by atoms with Crippen LogP contribution in [0.3, 0.4) is 0 Å². The van der Waals surface area contributed by atoms with E-state index in [1.807, 2.05) is 6.07 Å². The monoisotopic (exact) mass is 573 g/mol. The van der Waals surface area contributed by atoms with E-state index in [1.54, 1.807) is 25.6 Å². The molecule has 2 N–H and O–H groups in total. The Balaban J connectivity index is 0.00000363. The van der Waals surface area contributed by atoms with Crippen molar-refractivity contribution in [2.24, 2.45) is 4.99 Å². The molecule has 1 fully saturated rings. The van der Waals surface area contributed by atoms with Gasteiger partial charge >= 0.3 is 0 Å². The molecule has 2 heterocycles. The van der Waals surface area contributed by atoms with Crippen LogP contribution in [-0.4, -0.2) is 50.8 Å². The zero-order chi connectivity index (χ0) is 22.2. The molecular formula is C23H36IN5O2S. The van der Waals surface area contributed by atoms with Crippen LogP contribution in [0.5, 0.6) is 11.5 Å². The topological polar surface area (TPSA) is 71.0 Å². The molecule has 9 heteroatoms. The van der Waals surface area contributed by atoms with Gasteiger partial charge in [0.25, 0.3) is 0 Å². The molecule has 0 saturated carbocycles. The Kier molecular flexibility index (Phi) is 10.8. The lowest BCUT2D eigenvalue weighted by atomic mass is 10.0. The maximum absolute atomic E-state index is 5.42. The molecule has 0 unspecified atom stereocenters. The van der Waals surface area contributed by atoms with Crippen LogP contribution in [0, 0.1) is 0 Å². The van der Waals surface area contributed by atoms with Gasteiger partial charge in [0.1, 0.15) is 11.5 Å². The Hall–Kier alpha value is -1.75. The summed E-state index contributed by atoms with van der Waals surface area (Å²) in [5.41, 5.74) is 2.17. The third-order valence-electron chi connectivity index (χ3n) is 5.34. The highest BCUT2D eigenvalue weighted by Gasteiger charge is 2.21. The predicted molar refractivity (Wildman–Crippen MR) is 144 cm³/mol. The summed E-state index contributed by atoms with van der Waals surface area (Å²) in [4.78, 5) is 11.8. The van der Waals surface area contributed by atoms with E-state index in [2.05, 4.69) is 58.8 Å². The van der Waals surface area contributed by atoms with E-state index < -0.39 is 0 Å². The number of ether oxygens (including phenoxy) is 2. The molecule has 7 nitrogen and oxygen atoms in total. The van der Waals surface area contributed by atoms with Gasteiger partial charge in [0, 0.05) is 60.9 Å². The van der Waals surface area contributed by atoms with Crippen molar-refractivity contribution in [2.75, 3.05) is 38.8 Å². The summed E-state index contributed by atoms with van der Waals surface area (Å²) in [7, 11) is 3.37. The summed E-state index contributed by atoms with van der Waals surface area (Å²) >= 11 is 1.72. The van der Waals surface area contributed by atoms with Crippen molar-refractivity contribution in [2.45, 2.75) is 52.1 Å². The fourth-order valence-corrected chi connectivity index (χ4v) is 4.42. The molecule has 1 aromatic heterocycles. The fraction of sp³-hybridized carbons (Fsp3) is 0.565. The summed E-state index contributed by atoms with van der Waals surface area (Å²) in [6, 6.07) is 6.44. The fourth-order valence-electron chi connectivity index (χ4n) is 3.59. The van der Waals surface area contributed by atoms with Crippen molar-refractivity contribution in [3.63, 3.8) is 0 Å². The van der Waals surface area contributed by atoms with E-state index in [0.29, 0.717) is 18.5 Å². The largest absolute Gasteiger partial charge is 0.497 e. The summed E-state index contributed by atoms with van der Waals surface area (Å²) in [5, 5.41) is 10.3. The zero-order valence-corrected chi connectivity index (χ0v) is 22.8. The van der Waals surface area contributed by atoms with Crippen LogP contribution in [0.15, 0.2) is 28.6 Å². The first kappa shape index (κ1) is 26.5. The van der Waals surface area contributed by atoms with E-state index in [0.717, 1.165) is 61.3 Å². The van der Waals surface area contributed by atoms with Crippen LogP contribution < -0.4 is 25.0 Å². The lowest BCUT2D eigenvalue weighted by Crippen LogP contribution is -2.48. The van der Waals surface area contributed by atoms with Crippen molar-refractivity contribution in [1.29, 1.82) is 0 Å². The normalized spacial score (nSPS) is 14.8. The first-order valence-electron chi connectivity index (χ1n) is 11.0. The lowest BCUT2D eigenvalue weighted by molar-refractivity contribution is 0.393. The summed E-state index contributed by atoms with van der Waals surface area (Å²) in [6.07, 6.45) is 2.08. The first-order valence-corrected chi connectivity index (χ1v) is 11.9. The van der Waals surface area contributed by atoms with E-state index >= 15 is 0 Å². The zero-order valence-electron chi connectivity index (χ0n) is 19.7. The van der Waals surface area contributed by atoms with Gasteiger partial charge in [0.2, 0.25) is 0 Å². The number of halogens is 1. The number of aromatic nitrogens is 1. The van der Waals surface area contributed by atoms with Crippen molar-refractivity contribution in [3.05, 3.63) is 34.3 Å². The molecule has 1 saturated heterocycles. The third-order valence-corrected chi connectivity index (χ3v) is 6.54. The summed E-state index contributed by atoms with van der Waals surface area (Å²) in [5.74, 6) is 2.96. The van der Waals surface area contributed by atoms with Crippen molar-refractivity contribution in [1.82, 2.24) is 15.6 Å². The van der Waals surface area contributed by atoms with Gasteiger partial charge in [-0.1, -0.05) is 13.8 Å². The maximum Gasteiger partial charge on any atom is 0.191 e. The molecular weight excluding hydrogens is 537 g/mol. The third kappa shape index (κ3) is 7.40. The minimum atomic E-state index is 0. The summed E-state index contributed by atoms with van der Waals surface area (Å²) in [6.45, 7) is 9.81. The molecule has 1 aromatic carbocycles. The number of guanidine groups is 1. The number of nitrogens with zero attached hydrogens (tertiary/aromatic N) is 3. The van der Waals surface area contributed by atoms with Gasteiger partial charge in [-0.25, -0.2) is 9.98 Å². The van der Waals surface area contributed by atoms with E-state index in [4.69, 9.17) is 14.5 Å². The highest BCUT2D eigenvalue weighted by molar-refractivity contribution is 14.0. The molecule has 2 aromatic rings. The van der Waals surface area contributed by atoms with Gasteiger partial charge in [-0.05, 0) is 19.8 Å². The number of piperidine rings is 1. The molecule has 0 atom stereocenters. The second kappa shape index (κ2) is 13.1.